The topological polar surface area (TPSA) is 47.3 Å². The third-order valence-corrected chi connectivity index (χ3v) is 3.64. The number of aromatic hydroxyl groups is 1. The summed E-state index contributed by atoms with van der Waals surface area (Å²) in [4.78, 5) is 4.77. The fourth-order valence-corrected chi connectivity index (χ4v) is 2.66. The SMILES string of the molecule is COc1cc(-c2nc3ccccc3n2CC(C)C)ccc1O. The molecule has 0 saturated carbocycles. The van der Waals surface area contributed by atoms with Gasteiger partial charge in [0.25, 0.3) is 0 Å². The van der Waals surface area contributed by atoms with Crippen LogP contribution in [0.4, 0.5) is 0 Å². The number of benzene rings is 2. The Morgan fingerprint density at radius 1 is 1.18 bits per heavy atom. The van der Waals surface area contributed by atoms with Gasteiger partial charge in [0.15, 0.2) is 11.5 Å². The first kappa shape index (κ1) is 14.4. The molecule has 0 radical (unpaired) electrons. The molecule has 1 aromatic heterocycles. The molecule has 2 aromatic carbocycles. The Morgan fingerprint density at radius 2 is 1.95 bits per heavy atom. The molecular formula is C18H20N2O2. The van der Waals surface area contributed by atoms with Crippen molar-refractivity contribution in [1.29, 1.82) is 0 Å². The summed E-state index contributed by atoms with van der Waals surface area (Å²) < 4.78 is 7.44. The van der Waals surface area contributed by atoms with Crippen molar-refractivity contribution < 1.29 is 9.84 Å². The Balaban J connectivity index is 2.21. The van der Waals surface area contributed by atoms with Gasteiger partial charge in [-0.25, -0.2) is 4.98 Å². The summed E-state index contributed by atoms with van der Waals surface area (Å²) in [7, 11) is 1.55. The summed E-state index contributed by atoms with van der Waals surface area (Å²) in [5.41, 5.74) is 3.04. The van der Waals surface area contributed by atoms with E-state index in [0.29, 0.717) is 11.7 Å². The summed E-state index contributed by atoms with van der Waals surface area (Å²) >= 11 is 0. The average Bonchev–Trinajstić information content (AvgIpc) is 2.86. The molecule has 0 aliphatic heterocycles. The first-order valence-corrected chi connectivity index (χ1v) is 7.42. The van der Waals surface area contributed by atoms with Gasteiger partial charge in [-0.2, -0.15) is 0 Å². The van der Waals surface area contributed by atoms with Crippen molar-refractivity contribution in [1.82, 2.24) is 9.55 Å². The molecule has 0 fully saturated rings. The first-order valence-electron chi connectivity index (χ1n) is 7.42. The van der Waals surface area contributed by atoms with Crippen LogP contribution in [-0.2, 0) is 6.54 Å². The number of methoxy groups -OCH3 is 1. The third-order valence-electron chi connectivity index (χ3n) is 3.64. The number of aromatic nitrogens is 2. The molecule has 3 aromatic rings. The second kappa shape index (κ2) is 5.72. The maximum Gasteiger partial charge on any atom is 0.161 e. The Kier molecular flexibility index (Phi) is 3.75. The molecule has 3 rings (SSSR count). The van der Waals surface area contributed by atoms with E-state index in [2.05, 4.69) is 24.5 Å². The number of hydrogen-bond acceptors (Lipinski definition) is 3. The van der Waals surface area contributed by atoms with Crippen molar-refractivity contribution in [2.75, 3.05) is 7.11 Å². The van der Waals surface area contributed by atoms with E-state index in [0.717, 1.165) is 29.0 Å². The number of nitrogens with zero attached hydrogens (tertiary/aromatic N) is 2. The summed E-state index contributed by atoms with van der Waals surface area (Å²) in [5.74, 6) is 2.00. The highest BCUT2D eigenvalue weighted by Crippen LogP contribution is 2.33. The lowest BCUT2D eigenvalue weighted by Crippen LogP contribution is -2.06. The van der Waals surface area contributed by atoms with Crippen LogP contribution >= 0.6 is 0 Å². The second-order valence-corrected chi connectivity index (χ2v) is 5.82. The first-order chi connectivity index (χ1) is 10.6. The standard InChI is InChI=1S/C18H20N2O2/c1-12(2)11-20-15-7-5-4-6-14(15)19-18(20)13-8-9-16(21)17(10-13)22-3/h4-10,12,21H,11H2,1-3H3. The normalized spacial score (nSPS) is 11.3. The molecule has 0 spiro atoms. The van der Waals surface area contributed by atoms with Crippen LogP contribution in [0, 0.1) is 5.92 Å². The Labute approximate surface area is 130 Å². The minimum Gasteiger partial charge on any atom is -0.504 e. The second-order valence-electron chi connectivity index (χ2n) is 5.82. The highest BCUT2D eigenvalue weighted by atomic mass is 16.5. The largest absolute Gasteiger partial charge is 0.504 e. The molecule has 22 heavy (non-hydrogen) atoms. The van der Waals surface area contributed by atoms with Crippen molar-refractivity contribution in [3.8, 4) is 22.9 Å². The Bertz CT molecular complexity index is 806. The molecule has 0 aliphatic rings. The van der Waals surface area contributed by atoms with Crippen LogP contribution in [-0.4, -0.2) is 21.8 Å². The van der Waals surface area contributed by atoms with Crippen molar-refractivity contribution in [2.24, 2.45) is 5.92 Å². The zero-order valence-corrected chi connectivity index (χ0v) is 13.1. The predicted octanol–water partition coefficient (Wildman–Crippen LogP) is 4.07. The molecule has 0 amide bonds. The quantitative estimate of drug-likeness (QED) is 0.789. The van der Waals surface area contributed by atoms with Gasteiger partial charge in [0.2, 0.25) is 0 Å². The van der Waals surface area contributed by atoms with Crippen molar-refractivity contribution in [2.45, 2.75) is 20.4 Å². The van der Waals surface area contributed by atoms with Crippen LogP contribution < -0.4 is 4.74 Å². The van der Waals surface area contributed by atoms with Gasteiger partial charge < -0.3 is 14.4 Å². The molecule has 1 heterocycles. The summed E-state index contributed by atoms with van der Waals surface area (Å²) in [6.07, 6.45) is 0. The zero-order valence-electron chi connectivity index (χ0n) is 13.1. The average molecular weight is 296 g/mol. The van der Waals surface area contributed by atoms with E-state index in [1.54, 1.807) is 13.2 Å². The smallest absolute Gasteiger partial charge is 0.161 e. The minimum absolute atomic E-state index is 0.137. The van der Waals surface area contributed by atoms with Crippen LogP contribution in [0.25, 0.3) is 22.4 Å². The highest BCUT2D eigenvalue weighted by Gasteiger charge is 2.15. The van der Waals surface area contributed by atoms with E-state index in [1.807, 2.05) is 30.3 Å². The fourth-order valence-electron chi connectivity index (χ4n) is 2.66. The molecule has 4 heteroatoms. The summed E-state index contributed by atoms with van der Waals surface area (Å²) in [5, 5.41) is 9.78. The number of fused-ring (bicyclic) bond motifs is 1. The van der Waals surface area contributed by atoms with Gasteiger partial charge in [0, 0.05) is 12.1 Å². The highest BCUT2D eigenvalue weighted by molar-refractivity contribution is 5.81. The molecule has 0 saturated heterocycles. The van der Waals surface area contributed by atoms with E-state index in [1.165, 1.54) is 0 Å². The molecule has 114 valence electrons. The lowest BCUT2D eigenvalue weighted by Gasteiger charge is -2.12. The molecule has 0 atom stereocenters. The molecule has 0 aliphatic carbocycles. The van der Waals surface area contributed by atoms with Gasteiger partial charge in [-0.15, -0.1) is 0 Å². The number of phenols is 1. The number of hydrogen-bond donors (Lipinski definition) is 1. The number of ether oxygens (including phenoxy) is 1. The lowest BCUT2D eigenvalue weighted by molar-refractivity contribution is 0.373. The van der Waals surface area contributed by atoms with Crippen LogP contribution in [0.15, 0.2) is 42.5 Å². The predicted molar refractivity (Wildman–Crippen MR) is 88.2 cm³/mol. The maximum atomic E-state index is 9.78. The maximum absolute atomic E-state index is 9.78. The van der Waals surface area contributed by atoms with Crippen molar-refractivity contribution in [3.05, 3.63) is 42.5 Å². The van der Waals surface area contributed by atoms with Crippen molar-refractivity contribution in [3.63, 3.8) is 0 Å². The van der Waals surface area contributed by atoms with E-state index in [-0.39, 0.29) is 5.75 Å². The Hall–Kier alpha value is -2.49. The van der Waals surface area contributed by atoms with Crippen LogP contribution in [0.2, 0.25) is 0 Å². The van der Waals surface area contributed by atoms with Gasteiger partial charge in [-0.05, 0) is 36.2 Å². The molecule has 0 bridgehead atoms. The number of imidazole rings is 1. The summed E-state index contributed by atoms with van der Waals surface area (Å²) in [6, 6.07) is 13.5. The van der Waals surface area contributed by atoms with Crippen LogP contribution in [0.1, 0.15) is 13.8 Å². The monoisotopic (exact) mass is 296 g/mol. The van der Waals surface area contributed by atoms with E-state index in [4.69, 9.17) is 9.72 Å². The van der Waals surface area contributed by atoms with Gasteiger partial charge in [0.1, 0.15) is 5.82 Å². The van der Waals surface area contributed by atoms with Gasteiger partial charge >= 0.3 is 0 Å². The van der Waals surface area contributed by atoms with E-state index in [9.17, 15) is 5.11 Å². The van der Waals surface area contributed by atoms with Crippen LogP contribution in [0.3, 0.4) is 0 Å². The zero-order chi connectivity index (χ0) is 15.7. The van der Waals surface area contributed by atoms with Gasteiger partial charge in [0.05, 0.1) is 18.1 Å². The number of rotatable bonds is 4. The fraction of sp³-hybridized carbons (Fsp3) is 0.278. The lowest BCUT2D eigenvalue weighted by atomic mass is 10.1. The Morgan fingerprint density at radius 3 is 2.68 bits per heavy atom. The summed E-state index contributed by atoms with van der Waals surface area (Å²) in [6.45, 7) is 5.27. The van der Waals surface area contributed by atoms with Crippen LogP contribution in [0.5, 0.6) is 11.5 Å². The molecule has 1 N–H and O–H groups in total. The molecule has 4 nitrogen and oxygen atoms in total. The molecular weight excluding hydrogens is 276 g/mol. The van der Waals surface area contributed by atoms with E-state index < -0.39 is 0 Å². The van der Waals surface area contributed by atoms with Gasteiger partial charge in [-0.1, -0.05) is 26.0 Å². The van der Waals surface area contributed by atoms with Gasteiger partial charge in [-0.3, -0.25) is 0 Å². The molecule has 0 unspecified atom stereocenters. The van der Waals surface area contributed by atoms with E-state index >= 15 is 0 Å². The third kappa shape index (κ3) is 2.52. The minimum atomic E-state index is 0.137. The number of phenolic OH excluding ortho intramolecular Hbond substituents is 1. The van der Waals surface area contributed by atoms with Crippen molar-refractivity contribution >= 4 is 11.0 Å². The number of para-hydroxylation sites is 2.